The van der Waals surface area contributed by atoms with Crippen LogP contribution >= 0.6 is 0 Å². The number of aromatic amines is 1. The first-order valence-electron chi connectivity index (χ1n) is 6.67. The predicted molar refractivity (Wildman–Crippen MR) is 82.1 cm³/mol. The van der Waals surface area contributed by atoms with E-state index >= 15 is 0 Å². The van der Waals surface area contributed by atoms with Crippen molar-refractivity contribution in [2.24, 2.45) is 0 Å². The lowest BCUT2D eigenvalue weighted by atomic mass is 10.2. The van der Waals surface area contributed by atoms with E-state index in [0.29, 0.717) is 0 Å². The maximum Gasteiger partial charge on any atom is 0.138 e. The van der Waals surface area contributed by atoms with Crippen molar-refractivity contribution in [3.05, 3.63) is 60.8 Å². The molecule has 0 fully saturated rings. The van der Waals surface area contributed by atoms with Crippen LogP contribution in [0.2, 0.25) is 0 Å². The minimum absolute atomic E-state index is 0.989. The van der Waals surface area contributed by atoms with Crippen molar-refractivity contribution in [3.8, 4) is 0 Å². The molecular weight excluding hydrogens is 246 g/mol. The van der Waals surface area contributed by atoms with E-state index in [1.54, 1.807) is 0 Å². The number of nitrogens with zero attached hydrogens (tertiary/aromatic N) is 2. The van der Waals surface area contributed by atoms with Gasteiger partial charge < -0.3 is 4.98 Å². The molecule has 0 aliphatic rings. The van der Waals surface area contributed by atoms with Crippen LogP contribution in [0.25, 0.3) is 38.5 Å². The fraction of sp³-hybridized carbons (Fsp3) is 0. The molecule has 0 aliphatic heterocycles. The van der Waals surface area contributed by atoms with Crippen LogP contribution in [0.1, 0.15) is 0 Å². The summed E-state index contributed by atoms with van der Waals surface area (Å²) in [5.74, 6) is 0. The zero-order valence-electron chi connectivity index (χ0n) is 10.7. The van der Waals surface area contributed by atoms with Gasteiger partial charge in [0.1, 0.15) is 5.65 Å². The van der Waals surface area contributed by atoms with Crippen molar-refractivity contribution < 1.29 is 0 Å². The predicted octanol–water partition coefficient (Wildman–Crippen LogP) is 4.12. The number of nitrogens with one attached hydrogen (secondary N) is 1. The summed E-state index contributed by atoms with van der Waals surface area (Å²) >= 11 is 0. The number of hydrogen-bond acceptors (Lipinski definition) is 1. The van der Waals surface area contributed by atoms with E-state index in [2.05, 4.69) is 58.0 Å². The van der Waals surface area contributed by atoms with Crippen LogP contribution in [0, 0.1) is 0 Å². The van der Waals surface area contributed by atoms with Crippen molar-refractivity contribution >= 4 is 38.5 Å². The van der Waals surface area contributed by atoms with Crippen LogP contribution in [-0.4, -0.2) is 14.4 Å². The zero-order chi connectivity index (χ0) is 13.1. The number of rotatable bonds is 0. The largest absolute Gasteiger partial charge is 0.353 e. The summed E-state index contributed by atoms with van der Waals surface area (Å²) in [6.45, 7) is 0. The molecule has 5 aromatic rings. The number of para-hydroxylation sites is 3. The molecule has 2 aromatic carbocycles. The smallest absolute Gasteiger partial charge is 0.138 e. The van der Waals surface area contributed by atoms with Gasteiger partial charge in [-0.25, -0.2) is 4.98 Å². The van der Waals surface area contributed by atoms with Gasteiger partial charge in [-0.2, -0.15) is 0 Å². The standard InChI is InChI=1S/C17H11N3/c1-2-6-13-11(5-1)12-9-17-19-14-7-3-4-8-16(14)20(17)10-15(12)18-13/h1-10,18H. The highest BCUT2D eigenvalue weighted by Crippen LogP contribution is 2.27. The number of pyridine rings is 1. The maximum atomic E-state index is 4.70. The summed E-state index contributed by atoms with van der Waals surface area (Å²) in [4.78, 5) is 8.18. The van der Waals surface area contributed by atoms with Gasteiger partial charge in [0.15, 0.2) is 0 Å². The first-order valence-corrected chi connectivity index (χ1v) is 6.67. The van der Waals surface area contributed by atoms with Gasteiger partial charge in [0.05, 0.1) is 16.6 Å². The minimum atomic E-state index is 0.989. The molecule has 0 radical (unpaired) electrons. The molecule has 94 valence electrons. The molecule has 3 aromatic heterocycles. The highest BCUT2D eigenvalue weighted by molar-refractivity contribution is 6.08. The third-order valence-electron chi connectivity index (χ3n) is 3.93. The van der Waals surface area contributed by atoms with E-state index < -0.39 is 0 Å². The quantitative estimate of drug-likeness (QED) is 0.444. The Labute approximate surface area is 114 Å². The van der Waals surface area contributed by atoms with Crippen LogP contribution in [0.4, 0.5) is 0 Å². The Kier molecular flexibility index (Phi) is 1.70. The normalized spacial score (nSPS) is 12.0. The molecule has 0 amide bonds. The van der Waals surface area contributed by atoms with E-state index in [4.69, 9.17) is 4.98 Å². The van der Waals surface area contributed by atoms with Crippen molar-refractivity contribution in [2.75, 3.05) is 0 Å². The summed E-state index contributed by atoms with van der Waals surface area (Å²) < 4.78 is 2.15. The van der Waals surface area contributed by atoms with E-state index in [9.17, 15) is 0 Å². The summed E-state index contributed by atoms with van der Waals surface area (Å²) in [5, 5.41) is 2.47. The van der Waals surface area contributed by atoms with E-state index in [1.165, 1.54) is 16.3 Å². The summed E-state index contributed by atoms with van der Waals surface area (Å²) in [7, 11) is 0. The van der Waals surface area contributed by atoms with Crippen LogP contribution in [0.5, 0.6) is 0 Å². The first-order chi connectivity index (χ1) is 9.90. The van der Waals surface area contributed by atoms with Crippen LogP contribution in [-0.2, 0) is 0 Å². The molecule has 0 saturated carbocycles. The highest BCUT2D eigenvalue weighted by atomic mass is 15.0. The first kappa shape index (κ1) is 10.0. The average molecular weight is 257 g/mol. The molecule has 1 N–H and O–H groups in total. The monoisotopic (exact) mass is 257 g/mol. The number of hydrogen-bond donors (Lipinski definition) is 1. The minimum Gasteiger partial charge on any atom is -0.353 e. The van der Waals surface area contributed by atoms with Crippen molar-refractivity contribution in [1.82, 2.24) is 14.4 Å². The van der Waals surface area contributed by atoms with Gasteiger partial charge in [-0.05, 0) is 24.3 Å². The summed E-state index contributed by atoms with van der Waals surface area (Å²) in [5.41, 5.74) is 5.47. The lowest BCUT2D eigenvalue weighted by Gasteiger charge is -1.96. The summed E-state index contributed by atoms with van der Waals surface area (Å²) in [6.07, 6.45) is 2.14. The SMILES string of the molecule is c1ccc2c(c1)nc1cc3c(cn12)[nH]c1ccccc13. The van der Waals surface area contributed by atoms with Gasteiger partial charge in [-0.15, -0.1) is 0 Å². The Hall–Kier alpha value is -2.81. The third-order valence-corrected chi connectivity index (χ3v) is 3.93. The number of H-pyrrole nitrogens is 1. The Morgan fingerprint density at radius 2 is 1.70 bits per heavy atom. The van der Waals surface area contributed by atoms with Crippen molar-refractivity contribution in [2.45, 2.75) is 0 Å². The fourth-order valence-electron chi connectivity index (χ4n) is 3.00. The number of benzene rings is 2. The molecule has 0 unspecified atom stereocenters. The molecule has 0 atom stereocenters. The van der Waals surface area contributed by atoms with Gasteiger partial charge in [0, 0.05) is 22.5 Å². The molecule has 20 heavy (non-hydrogen) atoms. The van der Waals surface area contributed by atoms with Crippen LogP contribution in [0.3, 0.4) is 0 Å². The number of fused-ring (bicyclic) bond motifs is 6. The molecule has 0 spiro atoms. The maximum absolute atomic E-state index is 4.70. The molecule has 0 aliphatic carbocycles. The average Bonchev–Trinajstić information content (AvgIpc) is 3.02. The number of aromatic nitrogens is 3. The Morgan fingerprint density at radius 1 is 0.850 bits per heavy atom. The second kappa shape index (κ2) is 3.39. The summed E-state index contributed by atoms with van der Waals surface area (Å²) in [6, 6.07) is 18.8. The molecule has 0 bridgehead atoms. The molecule has 3 heterocycles. The second-order valence-electron chi connectivity index (χ2n) is 5.10. The third kappa shape index (κ3) is 1.17. The Bertz CT molecular complexity index is 1010. The molecule has 3 nitrogen and oxygen atoms in total. The van der Waals surface area contributed by atoms with Gasteiger partial charge >= 0.3 is 0 Å². The molecular formula is C17H11N3. The van der Waals surface area contributed by atoms with Gasteiger partial charge in [-0.3, -0.25) is 4.40 Å². The van der Waals surface area contributed by atoms with E-state index in [0.717, 1.165) is 22.2 Å². The van der Waals surface area contributed by atoms with Gasteiger partial charge in [-0.1, -0.05) is 30.3 Å². The lowest BCUT2D eigenvalue weighted by Crippen LogP contribution is -1.83. The number of imidazole rings is 1. The zero-order valence-corrected chi connectivity index (χ0v) is 10.7. The second-order valence-corrected chi connectivity index (χ2v) is 5.10. The Balaban J connectivity index is 2.05. The van der Waals surface area contributed by atoms with Crippen molar-refractivity contribution in [3.63, 3.8) is 0 Å². The fourth-order valence-corrected chi connectivity index (χ4v) is 3.00. The lowest BCUT2D eigenvalue weighted by molar-refractivity contribution is 1.24. The molecule has 3 heteroatoms. The van der Waals surface area contributed by atoms with Crippen LogP contribution in [0.15, 0.2) is 60.8 Å². The molecule has 5 rings (SSSR count). The van der Waals surface area contributed by atoms with Crippen molar-refractivity contribution in [1.29, 1.82) is 0 Å². The highest BCUT2D eigenvalue weighted by Gasteiger charge is 2.08. The van der Waals surface area contributed by atoms with E-state index in [1.807, 2.05) is 12.1 Å². The van der Waals surface area contributed by atoms with Gasteiger partial charge in [0.25, 0.3) is 0 Å². The topological polar surface area (TPSA) is 33.1 Å². The van der Waals surface area contributed by atoms with E-state index in [-0.39, 0.29) is 0 Å². The Morgan fingerprint density at radius 3 is 2.70 bits per heavy atom. The van der Waals surface area contributed by atoms with Gasteiger partial charge in [0.2, 0.25) is 0 Å². The molecule has 0 saturated heterocycles. The van der Waals surface area contributed by atoms with Crippen LogP contribution < -0.4 is 0 Å².